The van der Waals surface area contributed by atoms with E-state index in [2.05, 4.69) is 4.99 Å². The Balaban J connectivity index is 1.61. The normalized spacial score (nSPS) is 11.0. The summed E-state index contributed by atoms with van der Waals surface area (Å²) in [5.41, 5.74) is 2.60. The van der Waals surface area contributed by atoms with Crippen LogP contribution in [0.2, 0.25) is 0 Å². The second kappa shape index (κ2) is 7.79. The van der Waals surface area contributed by atoms with E-state index in [9.17, 15) is 9.50 Å². The van der Waals surface area contributed by atoms with Crippen molar-refractivity contribution in [3.63, 3.8) is 0 Å². The van der Waals surface area contributed by atoms with Crippen LogP contribution in [0.5, 0.6) is 5.75 Å². The van der Waals surface area contributed by atoms with Crippen LogP contribution in [-0.4, -0.2) is 11.3 Å². The number of aromatic hydroxyl groups is 1. The summed E-state index contributed by atoms with van der Waals surface area (Å²) in [5.74, 6) is 0.795. The Morgan fingerprint density at radius 1 is 0.917 bits per heavy atom. The Morgan fingerprint density at radius 3 is 2.33 bits per heavy atom. The van der Waals surface area contributed by atoms with Crippen LogP contribution in [0.1, 0.15) is 11.1 Å². The third-order valence-corrected chi connectivity index (χ3v) is 4.53. The minimum atomic E-state index is -0.213. The van der Waals surface area contributed by atoms with E-state index in [0.29, 0.717) is 5.56 Å². The summed E-state index contributed by atoms with van der Waals surface area (Å²) in [6.45, 7) is 0. The van der Waals surface area contributed by atoms with Crippen LogP contribution in [0.4, 0.5) is 10.1 Å². The van der Waals surface area contributed by atoms with E-state index < -0.39 is 0 Å². The molecule has 0 spiro atoms. The molecule has 4 heteroatoms. The first-order valence-corrected chi connectivity index (χ1v) is 8.49. The summed E-state index contributed by atoms with van der Waals surface area (Å²) in [6, 6.07) is 21.5. The first-order valence-electron chi connectivity index (χ1n) is 7.50. The van der Waals surface area contributed by atoms with Gasteiger partial charge in [0.05, 0.1) is 5.69 Å². The molecule has 3 aromatic rings. The highest BCUT2D eigenvalue weighted by Gasteiger charge is 1.99. The molecular weight excluding hydrogens is 321 g/mol. The molecule has 3 aromatic carbocycles. The van der Waals surface area contributed by atoms with Crippen LogP contribution in [0, 0.1) is 5.82 Å². The Morgan fingerprint density at radius 2 is 1.62 bits per heavy atom. The van der Waals surface area contributed by atoms with Gasteiger partial charge in [0.1, 0.15) is 11.6 Å². The quantitative estimate of drug-likeness (QED) is 0.487. The number of hydrogen-bond acceptors (Lipinski definition) is 3. The molecule has 120 valence electrons. The number of halogens is 1. The van der Waals surface area contributed by atoms with Gasteiger partial charge in [-0.05, 0) is 54.1 Å². The predicted molar refractivity (Wildman–Crippen MR) is 97.8 cm³/mol. The fraction of sp³-hybridized carbons (Fsp3) is 0.0500. The van der Waals surface area contributed by atoms with Crippen molar-refractivity contribution in [1.29, 1.82) is 0 Å². The van der Waals surface area contributed by atoms with Crippen molar-refractivity contribution in [2.45, 2.75) is 10.6 Å². The molecule has 0 aromatic heterocycles. The predicted octanol–water partition coefficient (Wildman–Crippen LogP) is 5.57. The number of benzene rings is 3. The van der Waals surface area contributed by atoms with Gasteiger partial charge in [0.25, 0.3) is 0 Å². The van der Waals surface area contributed by atoms with Gasteiger partial charge in [-0.25, -0.2) is 4.39 Å². The maximum Gasteiger partial charge on any atom is 0.124 e. The van der Waals surface area contributed by atoms with Crippen molar-refractivity contribution >= 4 is 23.7 Å². The van der Waals surface area contributed by atoms with Gasteiger partial charge >= 0.3 is 0 Å². The lowest BCUT2D eigenvalue weighted by Gasteiger charge is -2.03. The minimum Gasteiger partial charge on any atom is -0.507 e. The number of phenols is 1. The second-order valence-corrected chi connectivity index (χ2v) is 6.27. The van der Waals surface area contributed by atoms with Crippen LogP contribution < -0.4 is 0 Å². The number of nitrogens with zero attached hydrogens (tertiary/aromatic N) is 1. The molecule has 0 bridgehead atoms. The fourth-order valence-corrected chi connectivity index (χ4v) is 2.97. The largest absolute Gasteiger partial charge is 0.507 e. The zero-order valence-electron chi connectivity index (χ0n) is 12.9. The number of aliphatic imine (C=N–C) groups is 1. The Bertz CT molecular complexity index is 829. The molecular formula is C20H16FNOS. The van der Waals surface area contributed by atoms with Crippen molar-refractivity contribution in [3.05, 3.63) is 89.7 Å². The Labute approximate surface area is 144 Å². The molecule has 0 saturated heterocycles. The summed E-state index contributed by atoms with van der Waals surface area (Å²) in [6.07, 6.45) is 1.65. The van der Waals surface area contributed by atoms with E-state index in [1.807, 2.05) is 36.4 Å². The van der Waals surface area contributed by atoms with Gasteiger partial charge in [-0.3, -0.25) is 4.99 Å². The van der Waals surface area contributed by atoms with Gasteiger partial charge in [0, 0.05) is 22.4 Å². The van der Waals surface area contributed by atoms with Gasteiger partial charge in [-0.15, -0.1) is 11.8 Å². The topological polar surface area (TPSA) is 32.6 Å². The molecule has 0 atom stereocenters. The zero-order chi connectivity index (χ0) is 16.8. The molecule has 0 fully saturated rings. The highest BCUT2D eigenvalue weighted by Crippen LogP contribution is 2.25. The molecule has 0 aliphatic rings. The van der Waals surface area contributed by atoms with Crippen molar-refractivity contribution in [1.82, 2.24) is 0 Å². The molecule has 0 unspecified atom stereocenters. The number of phenolic OH excluding ortho intramolecular Hbond substituents is 1. The highest BCUT2D eigenvalue weighted by molar-refractivity contribution is 7.98. The van der Waals surface area contributed by atoms with Gasteiger partial charge in [-0.1, -0.05) is 24.3 Å². The summed E-state index contributed by atoms with van der Waals surface area (Å²) < 4.78 is 12.9. The first-order chi connectivity index (χ1) is 11.7. The van der Waals surface area contributed by atoms with Gasteiger partial charge in [0.15, 0.2) is 0 Å². The van der Waals surface area contributed by atoms with Crippen LogP contribution in [-0.2, 0) is 5.75 Å². The van der Waals surface area contributed by atoms with E-state index in [0.717, 1.165) is 21.9 Å². The smallest absolute Gasteiger partial charge is 0.124 e. The average Bonchev–Trinajstić information content (AvgIpc) is 2.61. The van der Waals surface area contributed by atoms with E-state index in [4.69, 9.17) is 0 Å². The molecule has 0 aliphatic heterocycles. The fourth-order valence-electron chi connectivity index (χ4n) is 2.12. The lowest BCUT2D eigenvalue weighted by atomic mass is 10.2. The standard InChI is InChI=1S/C20H16FNOS/c21-17-7-5-15(6-8-17)14-24-19-11-9-18(10-12-19)22-13-16-3-1-2-4-20(16)23/h1-13,23H,14H2/b22-13+. The van der Waals surface area contributed by atoms with Crippen LogP contribution in [0.25, 0.3) is 0 Å². The Kier molecular flexibility index (Phi) is 5.29. The maximum absolute atomic E-state index is 12.9. The molecule has 1 N–H and O–H groups in total. The van der Waals surface area contributed by atoms with E-state index in [1.54, 1.807) is 42.2 Å². The van der Waals surface area contributed by atoms with Crippen molar-refractivity contribution < 1.29 is 9.50 Å². The molecule has 0 radical (unpaired) electrons. The van der Waals surface area contributed by atoms with Crippen LogP contribution in [0.3, 0.4) is 0 Å². The second-order valence-electron chi connectivity index (χ2n) is 5.23. The highest BCUT2D eigenvalue weighted by atomic mass is 32.2. The van der Waals surface area contributed by atoms with E-state index in [1.165, 1.54) is 12.1 Å². The summed E-state index contributed by atoms with van der Waals surface area (Å²) in [4.78, 5) is 5.50. The third kappa shape index (κ3) is 4.46. The molecule has 24 heavy (non-hydrogen) atoms. The average molecular weight is 337 g/mol. The van der Waals surface area contributed by atoms with Gasteiger partial charge < -0.3 is 5.11 Å². The monoisotopic (exact) mass is 337 g/mol. The van der Waals surface area contributed by atoms with Crippen molar-refractivity contribution in [3.8, 4) is 5.75 Å². The van der Waals surface area contributed by atoms with Gasteiger partial charge in [0.2, 0.25) is 0 Å². The summed E-state index contributed by atoms with van der Waals surface area (Å²) in [5, 5.41) is 9.71. The molecule has 0 heterocycles. The minimum absolute atomic E-state index is 0.213. The van der Waals surface area contributed by atoms with Crippen molar-refractivity contribution in [2.75, 3.05) is 0 Å². The Hall–Kier alpha value is -2.59. The molecule has 2 nitrogen and oxygen atoms in total. The van der Waals surface area contributed by atoms with Crippen LogP contribution in [0.15, 0.2) is 82.7 Å². The van der Waals surface area contributed by atoms with E-state index >= 15 is 0 Å². The third-order valence-electron chi connectivity index (χ3n) is 3.44. The van der Waals surface area contributed by atoms with Gasteiger partial charge in [-0.2, -0.15) is 0 Å². The van der Waals surface area contributed by atoms with Crippen molar-refractivity contribution in [2.24, 2.45) is 4.99 Å². The lowest BCUT2D eigenvalue weighted by Crippen LogP contribution is -1.82. The number of hydrogen-bond donors (Lipinski definition) is 1. The molecule has 0 amide bonds. The molecule has 0 saturated carbocycles. The maximum atomic E-state index is 12.9. The molecule has 0 aliphatic carbocycles. The van der Waals surface area contributed by atoms with E-state index in [-0.39, 0.29) is 11.6 Å². The SMILES string of the molecule is Oc1ccccc1/C=N/c1ccc(SCc2ccc(F)cc2)cc1. The molecule has 3 rings (SSSR count). The number of para-hydroxylation sites is 1. The number of rotatable bonds is 5. The van der Waals surface area contributed by atoms with Crippen LogP contribution >= 0.6 is 11.8 Å². The zero-order valence-corrected chi connectivity index (χ0v) is 13.7. The number of thioether (sulfide) groups is 1. The first kappa shape index (κ1) is 16.3. The lowest BCUT2D eigenvalue weighted by molar-refractivity contribution is 0.474. The summed E-state index contributed by atoms with van der Waals surface area (Å²) in [7, 11) is 0. The summed E-state index contributed by atoms with van der Waals surface area (Å²) >= 11 is 1.69.